The van der Waals surface area contributed by atoms with Crippen molar-refractivity contribution in [2.45, 2.75) is 44.7 Å². The van der Waals surface area contributed by atoms with Gasteiger partial charge in [0.15, 0.2) is 0 Å². The number of morpholine rings is 1. The summed E-state index contributed by atoms with van der Waals surface area (Å²) in [7, 11) is 0. The van der Waals surface area contributed by atoms with Crippen LogP contribution in [0.5, 0.6) is 0 Å². The van der Waals surface area contributed by atoms with Crippen molar-refractivity contribution in [3.63, 3.8) is 0 Å². The van der Waals surface area contributed by atoms with Crippen molar-refractivity contribution in [1.82, 2.24) is 10.2 Å². The molecule has 2 atom stereocenters. The fourth-order valence-corrected chi connectivity index (χ4v) is 3.54. The van der Waals surface area contributed by atoms with Crippen molar-refractivity contribution in [2.24, 2.45) is 0 Å². The Hall–Kier alpha value is -1.88. The molecule has 2 aliphatic rings. The van der Waals surface area contributed by atoms with Gasteiger partial charge in [-0.05, 0) is 30.4 Å². The molecule has 1 fully saturated rings. The molecule has 5 nitrogen and oxygen atoms in total. The van der Waals surface area contributed by atoms with Crippen LogP contribution in [0.4, 0.5) is 0 Å². The average Bonchev–Trinajstić information content (AvgIpc) is 2.77. The van der Waals surface area contributed by atoms with Gasteiger partial charge in [-0.15, -0.1) is 0 Å². The first kappa shape index (κ1) is 16.0. The van der Waals surface area contributed by atoms with E-state index in [2.05, 4.69) is 23.5 Å². The van der Waals surface area contributed by atoms with E-state index in [0.29, 0.717) is 13.2 Å². The van der Waals surface area contributed by atoms with Crippen molar-refractivity contribution < 1.29 is 14.3 Å². The highest BCUT2D eigenvalue weighted by Gasteiger charge is 2.32. The molecule has 1 N–H and O–H groups in total. The zero-order chi connectivity index (χ0) is 16.2. The van der Waals surface area contributed by atoms with Gasteiger partial charge in [0.05, 0.1) is 19.3 Å². The molecule has 0 bridgehead atoms. The second-order valence-electron chi connectivity index (χ2n) is 6.31. The maximum atomic E-state index is 12.7. The standard InChI is InChI=1S/C18H24N2O3/c1-13(21)20-10-11-23-12-17(20)18(22)19-16-9-5-3-7-14-6-2-4-8-15(14)16/h2,4,6,8,16-17H,3,5,7,9-12H2,1H3,(H,19,22). The van der Waals surface area contributed by atoms with E-state index in [1.165, 1.54) is 18.1 Å². The van der Waals surface area contributed by atoms with Crippen molar-refractivity contribution >= 4 is 11.8 Å². The highest BCUT2D eigenvalue weighted by atomic mass is 16.5. The Morgan fingerprint density at radius 2 is 2.09 bits per heavy atom. The van der Waals surface area contributed by atoms with Gasteiger partial charge in [-0.2, -0.15) is 0 Å². The number of hydrogen-bond acceptors (Lipinski definition) is 3. The first-order valence-corrected chi connectivity index (χ1v) is 8.40. The molecule has 5 heteroatoms. The third-order valence-electron chi connectivity index (χ3n) is 4.77. The molecule has 0 radical (unpaired) electrons. The third kappa shape index (κ3) is 3.55. The predicted octanol–water partition coefficient (Wildman–Crippen LogP) is 1.82. The van der Waals surface area contributed by atoms with Crippen LogP contribution in [0, 0.1) is 0 Å². The summed E-state index contributed by atoms with van der Waals surface area (Å²) in [6, 6.07) is 7.83. The number of rotatable bonds is 2. The minimum atomic E-state index is -0.517. The summed E-state index contributed by atoms with van der Waals surface area (Å²) in [5, 5.41) is 3.16. The topological polar surface area (TPSA) is 58.6 Å². The second kappa shape index (κ2) is 7.13. The van der Waals surface area contributed by atoms with Crippen LogP contribution in [0.15, 0.2) is 24.3 Å². The number of carbonyl (C=O) groups is 2. The Balaban J connectivity index is 1.75. The number of aryl methyl sites for hydroxylation is 1. The van der Waals surface area contributed by atoms with E-state index in [-0.39, 0.29) is 24.5 Å². The number of amides is 2. The lowest BCUT2D eigenvalue weighted by molar-refractivity contribution is -0.147. The number of nitrogens with one attached hydrogen (secondary N) is 1. The summed E-state index contributed by atoms with van der Waals surface area (Å²) in [5.74, 6) is -0.184. The van der Waals surface area contributed by atoms with Gasteiger partial charge in [0, 0.05) is 13.5 Å². The predicted molar refractivity (Wildman–Crippen MR) is 86.9 cm³/mol. The number of carbonyl (C=O) groups excluding carboxylic acids is 2. The van der Waals surface area contributed by atoms with E-state index in [1.807, 2.05) is 6.07 Å². The summed E-state index contributed by atoms with van der Waals surface area (Å²) in [6.45, 7) is 2.76. The van der Waals surface area contributed by atoms with Gasteiger partial charge in [-0.1, -0.05) is 30.7 Å². The maximum absolute atomic E-state index is 12.7. The molecule has 1 aromatic carbocycles. The molecule has 1 saturated heterocycles. The highest BCUT2D eigenvalue weighted by Crippen LogP contribution is 2.28. The molecule has 1 aliphatic heterocycles. The van der Waals surface area contributed by atoms with Crippen LogP contribution in [0.3, 0.4) is 0 Å². The molecule has 2 unspecified atom stereocenters. The van der Waals surface area contributed by atoms with Gasteiger partial charge in [-0.25, -0.2) is 0 Å². The molecule has 0 aromatic heterocycles. The van der Waals surface area contributed by atoms with Crippen LogP contribution in [-0.2, 0) is 20.7 Å². The molecule has 23 heavy (non-hydrogen) atoms. The molecule has 124 valence electrons. The van der Waals surface area contributed by atoms with E-state index in [4.69, 9.17) is 4.74 Å². The summed E-state index contributed by atoms with van der Waals surface area (Å²) in [6.07, 6.45) is 4.25. The first-order chi connectivity index (χ1) is 11.2. The summed E-state index contributed by atoms with van der Waals surface area (Å²) in [5.41, 5.74) is 2.53. The Morgan fingerprint density at radius 1 is 1.26 bits per heavy atom. The lowest BCUT2D eigenvalue weighted by Gasteiger charge is -2.34. The smallest absolute Gasteiger partial charge is 0.245 e. The van der Waals surface area contributed by atoms with Gasteiger partial charge in [-0.3, -0.25) is 9.59 Å². The number of benzene rings is 1. The zero-order valence-corrected chi connectivity index (χ0v) is 13.6. The van der Waals surface area contributed by atoms with Crippen LogP contribution in [0.1, 0.15) is 43.4 Å². The fraction of sp³-hybridized carbons (Fsp3) is 0.556. The first-order valence-electron chi connectivity index (χ1n) is 8.40. The van der Waals surface area contributed by atoms with E-state index in [1.54, 1.807) is 4.90 Å². The molecular weight excluding hydrogens is 292 g/mol. The van der Waals surface area contributed by atoms with Crippen LogP contribution in [0.25, 0.3) is 0 Å². The number of ether oxygens (including phenoxy) is 1. The van der Waals surface area contributed by atoms with E-state index in [0.717, 1.165) is 25.7 Å². The monoisotopic (exact) mass is 316 g/mol. The van der Waals surface area contributed by atoms with Crippen molar-refractivity contribution in [3.8, 4) is 0 Å². The van der Waals surface area contributed by atoms with Gasteiger partial charge in [0.1, 0.15) is 6.04 Å². The van der Waals surface area contributed by atoms with Crippen molar-refractivity contribution in [1.29, 1.82) is 0 Å². The van der Waals surface area contributed by atoms with Gasteiger partial charge in [0.25, 0.3) is 0 Å². The van der Waals surface area contributed by atoms with Crippen molar-refractivity contribution in [3.05, 3.63) is 35.4 Å². The molecule has 3 rings (SSSR count). The summed E-state index contributed by atoms with van der Waals surface area (Å²) >= 11 is 0. The highest BCUT2D eigenvalue weighted by molar-refractivity contribution is 5.87. The number of hydrogen-bond donors (Lipinski definition) is 1. The van der Waals surface area contributed by atoms with Crippen molar-refractivity contribution in [2.75, 3.05) is 19.8 Å². The largest absolute Gasteiger partial charge is 0.377 e. The Labute approximate surface area is 137 Å². The minimum Gasteiger partial charge on any atom is -0.377 e. The molecule has 0 spiro atoms. The maximum Gasteiger partial charge on any atom is 0.245 e. The van der Waals surface area contributed by atoms with Crippen LogP contribution < -0.4 is 5.32 Å². The molecule has 1 aromatic rings. The second-order valence-corrected chi connectivity index (χ2v) is 6.31. The Kier molecular flexibility index (Phi) is 4.96. The lowest BCUT2D eigenvalue weighted by Crippen LogP contribution is -2.55. The minimum absolute atomic E-state index is 0.0249. The zero-order valence-electron chi connectivity index (χ0n) is 13.6. The van der Waals surface area contributed by atoms with Crippen LogP contribution in [0.2, 0.25) is 0 Å². The van der Waals surface area contributed by atoms with Gasteiger partial charge in [0.2, 0.25) is 11.8 Å². The molecule has 0 saturated carbocycles. The Bertz CT molecular complexity index is 587. The summed E-state index contributed by atoms with van der Waals surface area (Å²) < 4.78 is 5.41. The third-order valence-corrected chi connectivity index (χ3v) is 4.77. The number of fused-ring (bicyclic) bond motifs is 1. The molecule has 1 aliphatic carbocycles. The average molecular weight is 316 g/mol. The number of nitrogens with zero attached hydrogens (tertiary/aromatic N) is 1. The van der Waals surface area contributed by atoms with Gasteiger partial charge >= 0.3 is 0 Å². The Morgan fingerprint density at radius 3 is 2.91 bits per heavy atom. The molecule has 1 heterocycles. The fourth-order valence-electron chi connectivity index (χ4n) is 3.54. The lowest BCUT2D eigenvalue weighted by atomic mass is 9.98. The van der Waals surface area contributed by atoms with E-state index in [9.17, 15) is 9.59 Å². The molecular formula is C18H24N2O3. The van der Waals surface area contributed by atoms with E-state index < -0.39 is 6.04 Å². The summed E-state index contributed by atoms with van der Waals surface area (Å²) in [4.78, 5) is 26.1. The van der Waals surface area contributed by atoms with Crippen LogP contribution in [-0.4, -0.2) is 42.5 Å². The molecule has 2 amide bonds. The quantitative estimate of drug-likeness (QED) is 0.847. The van der Waals surface area contributed by atoms with Gasteiger partial charge < -0.3 is 15.0 Å². The normalized spacial score (nSPS) is 24.5. The van der Waals surface area contributed by atoms with Crippen LogP contribution >= 0.6 is 0 Å². The van der Waals surface area contributed by atoms with E-state index >= 15 is 0 Å². The SMILES string of the molecule is CC(=O)N1CCOCC1C(=O)NC1CCCCc2ccccc21.